The van der Waals surface area contributed by atoms with E-state index in [9.17, 15) is 4.79 Å². The first-order valence-electron chi connectivity index (χ1n) is 16.5. The first-order chi connectivity index (χ1) is 20.8. The third-order valence-corrected chi connectivity index (χ3v) is 8.69. The quantitative estimate of drug-likeness (QED) is 0.142. The summed E-state index contributed by atoms with van der Waals surface area (Å²) in [6.07, 6.45) is 27.4. The van der Waals surface area contributed by atoms with Crippen molar-refractivity contribution < 1.29 is 9.53 Å². The molecule has 1 saturated carbocycles. The van der Waals surface area contributed by atoms with Gasteiger partial charge in [0.05, 0.1) is 0 Å². The van der Waals surface area contributed by atoms with Crippen molar-refractivity contribution in [1.82, 2.24) is 10.6 Å². The number of amides is 1. The molecule has 1 atom stereocenters. The van der Waals surface area contributed by atoms with Crippen molar-refractivity contribution in [2.45, 2.75) is 104 Å². The van der Waals surface area contributed by atoms with E-state index in [1.54, 1.807) is 7.11 Å². The van der Waals surface area contributed by atoms with Crippen molar-refractivity contribution in [3.05, 3.63) is 107 Å². The molecule has 0 bridgehead atoms. The molecule has 0 radical (unpaired) electrons. The summed E-state index contributed by atoms with van der Waals surface area (Å²) in [7, 11) is 1.79. The van der Waals surface area contributed by atoms with E-state index in [1.165, 1.54) is 53.7 Å². The molecular weight excluding hydrogens is 528 g/mol. The number of aryl methyl sites for hydroxylation is 2. The smallest absolute Gasteiger partial charge is 0.224 e. The molecule has 2 N–H and O–H groups in total. The van der Waals surface area contributed by atoms with E-state index in [0.717, 1.165) is 57.2 Å². The average molecular weight is 585 g/mol. The van der Waals surface area contributed by atoms with E-state index in [0.29, 0.717) is 24.3 Å². The number of rotatable bonds is 17. The van der Waals surface area contributed by atoms with Gasteiger partial charge in [0.15, 0.2) is 0 Å². The average Bonchev–Trinajstić information content (AvgIpc) is 2.99. The number of allylic oxidation sites excluding steroid dienone is 9. The van der Waals surface area contributed by atoms with E-state index in [4.69, 9.17) is 4.74 Å². The third-order valence-electron chi connectivity index (χ3n) is 8.69. The lowest BCUT2D eigenvalue weighted by Gasteiger charge is -2.27. The fourth-order valence-corrected chi connectivity index (χ4v) is 6.17. The van der Waals surface area contributed by atoms with Crippen LogP contribution in [-0.2, 0) is 16.0 Å². The standard InChI is InChI=1S/C39H56N2O2/c1-6-9-36(41-39(42)27-23-34-16-18-35(19-17-34)29-43-5)11-8-7-10-32-20-24-37(25-21-32)40-38(28-30(2)3)26-22-33-14-12-31(4)13-15-33/h6-9,11-15,20,24,34-35,38,40H,2,10,16-19,21-23,25-29H2,1,3-5H3,(H,41,42)/b8-7?,9-6-,36-11+. The van der Waals surface area contributed by atoms with E-state index in [1.807, 2.05) is 25.2 Å². The van der Waals surface area contributed by atoms with Gasteiger partial charge in [-0.3, -0.25) is 4.79 Å². The maximum Gasteiger partial charge on any atom is 0.224 e. The molecule has 0 aliphatic heterocycles. The summed E-state index contributed by atoms with van der Waals surface area (Å²) >= 11 is 0. The summed E-state index contributed by atoms with van der Waals surface area (Å²) < 4.78 is 5.31. The highest BCUT2D eigenvalue weighted by molar-refractivity contribution is 5.78. The van der Waals surface area contributed by atoms with Gasteiger partial charge in [0.2, 0.25) is 5.91 Å². The SMILES string of the molecule is C=C(C)CC(CCc1ccc(C)cc1)NC1=CC=C(CC=C/C=C(\C=C/C)NC(=O)CCC2CCC(COC)CC2)CC1. The number of ether oxygens (including phenoxy) is 1. The first kappa shape index (κ1) is 34.4. The molecule has 0 aromatic heterocycles. The van der Waals surface area contributed by atoms with Crippen molar-refractivity contribution in [1.29, 1.82) is 0 Å². The summed E-state index contributed by atoms with van der Waals surface area (Å²) in [6, 6.07) is 9.30. The molecule has 4 heteroatoms. The predicted molar refractivity (Wildman–Crippen MR) is 183 cm³/mol. The van der Waals surface area contributed by atoms with Gasteiger partial charge in [0, 0.05) is 37.6 Å². The topological polar surface area (TPSA) is 50.4 Å². The molecule has 234 valence electrons. The summed E-state index contributed by atoms with van der Waals surface area (Å²) in [5, 5.41) is 6.93. The summed E-state index contributed by atoms with van der Waals surface area (Å²) in [5.74, 6) is 1.47. The van der Waals surface area contributed by atoms with Crippen molar-refractivity contribution in [3.8, 4) is 0 Å². The van der Waals surface area contributed by atoms with Gasteiger partial charge in [0.1, 0.15) is 0 Å². The van der Waals surface area contributed by atoms with Gasteiger partial charge in [-0.05, 0) is 114 Å². The number of methoxy groups -OCH3 is 1. The van der Waals surface area contributed by atoms with Crippen LogP contribution in [-0.4, -0.2) is 25.7 Å². The Hall–Kier alpha value is -3.11. The van der Waals surface area contributed by atoms with Crippen LogP contribution in [0, 0.1) is 18.8 Å². The van der Waals surface area contributed by atoms with Gasteiger partial charge < -0.3 is 15.4 Å². The fourth-order valence-electron chi connectivity index (χ4n) is 6.17. The second-order valence-corrected chi connectivity index (χ2v) is 12.7. The van der Waals surface area contributed by atoms with Crippen molar-refractivity contribution in [2.24, 2.45) is 11.8 Å². The van der Waals surface area contributed by atoms with E-state index < -0.39 is 0 Å². The molecule has 1 amide bonds. The molecule has 1 unspecified atom stereocenters. The summed E-state index contributed by atoms with van der Waals surface area (Å²) in [6.45, 7) is 11.3. The van der Waals surface area contributed by atoms with Crippen molar-refractivity contribution in [2.75, 3.05) is 13.7 Å². The lowest BCUT2D eigenvalue weighted by atomic mass is 9.80. The Kier molecular flexibility index (Phi) is 15.4. The zero-order chi connectivity index (χ0) is 30.9. The Morgan fingerprint density at radius 3 is 2.49 bits per heavy atom. The van der Waals surface area contributed by atoms with Gasteiger partial charge in [-0.15, -0.1) is 6.58 Å². The van der Waals surface area contributed by atoms with E-state index in [2.05, 4.69) is 79.6 Å². The number of hydrogen-bond acceptors (Lipinski definition) is 3. The second-order valence-electron chi connectivity index (χ2n) is 12.7. The normalized spacial score (nSPS) is 20.1. The van der Waals surface area contributed by atoms with Gasteiger partial charge in [-0.2, -0.15) is 0 Å². The first-order valence-corrected chi connectivity index (χ1v) is 16.5. The van der Waals surface area contributed by atoms with E-state index >= 15 is 0 Å². The van der Waals surface area contributed by atoms with Crippen LogP contribution in [0.15, 0.2) is 95.9 Å². The Labute approximate surface area is 262 Å². The van der Waals surface area contributed by atoms with Crippen molar-refractivity contribution in [3.63, 3.8) is 0 Å². The summed E-state index contributed by atoms with van der Waals surface area (Å²) in [5.41, 5.74) is 7.54. The van der Waals surface area contributed by atoms with Gasteiger partial charge in [-0.1, -0.05) is 78.1 Å². The molecule has 4 nitrogen and oxygen atoms in total. The molecule has 1 fully saturated rings. The minimum Gasteiger partial charge on any atom is -0.385 e. The van der Waals surface area contributed by atoms with Crippen LogP contribution in [0.3, 0.4) is 0 Å². The predicted octanol–water partition coefficient (Wildman–Crippen LogP) is 9.21. The second kappa shape index (κ2) is 19.2. The van der Waals surface area contributed by atoms with Crippen LogP contribution in [0.1, 0.15) is 95.6 Å². The molecule has 2 aliphatic carbocycles. The molecule has 43 heavy (non-hydrogen) atoms. The lowest BCUT2D eigenvalue weighted by Crippen LogP contribution is -2.30. The van der Waals surface area contributed by atoms with Crippen LogP contribution in [0.4, 0.5) is 0 Å². The molecule has 3 rings (SSSR count). The number of nitrogens with one attached hydrogen (secondary N) is 2. The minimum absolute atomic E-state index is 0.112. The highest BCUT2D eigenvalue weighted by Gasteiger charge is 2.21. The largest absolute Gasteiger partial charge is 0.385 e. The Bertz CT molecular complexity index is 1160. The molecule has 0 saturated heterocycles. The lowest BCUT2D eigenvalue weighted by molar-refractivity contribution is -0.120. The Morgan fingerprint density at radius 1 is 1.09 bits per heavy atom. The fraction of sp³-hybridized carbons (Fsp3) is 0.513. The molecule has 0 heterocycles. The van der Waals surface area contributed by atoms with Gasteiger partial charge in [-0.25, -0.2) is 0 Å². The number of hydrogen-bond donors (Lipinski definition) is 2. The molecule has 1 aromatic rings. The maximum atomic E-state index is 12.7. The van der Waals surface area contributed by atoms with E-state index in [-0.39, 0.29) is 5.91 Å². The van der Waals surface area contributed by atoms with Crippen LogP contribution in [0.25, 0.3) is 0 Å². The Morgan fingerprint density at radius 2 is 1.84 bits per heavy atom. The third kappa shape index (κ3) is 13.8. The van der Waals surface area contributed by atoms with Crippen LogP contribution >= 0.6 is 0 Å². The number of benzene rings is 1. The zero-order valence-corrected chi connectivity index (χ0v) is 27.3. The van der Waals surface area contributed by atoms with Crippen LogP contribution in [0.5, 0.6) is 0 Å². The highest BCUT2D eigenvalue weighted by Crippen LogP contribution is 2.31. The maximum absolute atomic E-state index is 12.7. The Balaban J connectivity index is 1.43. The van der Waals surface area contributed by atoms with Crippen LogP contribution in [0.2, 0.25) is 0 Å². The molecular formula is C39H56N2O2. The monoisotopic (exact) mass is 584 g/mol. The zero-order valence-electron chi connectivity index (χ0n) is 27.3. The van der Waals surface area contributed by atoms with Crippen molar-refractivity contribution >= 4 is 5.91 Å². The highest BCUT2D eigenvalue weighted by atomic mass is 16.5. The number of carbonyl (C=O) groups excluding carboxylic acids is 1. The van der Waals surface area contributed by atoms with Gasteiger partial charge >= 0.3 is 0 Å². The molecule has 0 spiro atoms. The van der Waals surface area contributed by atoms with Crippen LogP contribution < -0.4 is 10.6 Å². The van der Waals surface area contributed by atoms with Gasteiger partial charge in [0.25, 0.3) is 0 Å². The molecule has 1 aromatic carbocycles. The molecule has 2 aliphatic rings. The number of carbonyl (C=O) groups is 1. The minimum atomic E-state index is 0.112. The summed E-state index contributed by atoms with van der Waals surface area (Å²) in [4.78, 5) is 12.7.